The monoisotopic (exact) mass is 783 g/mol. The Morgan fingerprint density at radius 1 is 0.911 bits per heavy atom. The molecule has 1 saturated carbocycles. The van der Waals surface area contributed by atoms with Gasteiger partial charge in [-0.25, -0.2) is 0 Å². The van der Waals surface area contributed by atoms with Crippen LogP contribution in [-0.4, -0.2) is 115 Å². The molecule has 302 valence electrons. The highest BCUT2D eigenvalue weighted by Crippen LogP contribution is 2.56. The summed E-state index contributed by atoms with van der Waals surface area (Å²) in [5.41, 5.74) is -9.09. The number of nitrogens with one attached hydrogen (secondary N) is 1. The van der Waals surface area contributed by atoms with Gasteiger partial charge in [-0.3, -0.25) is 28.8 Å². The van der Waals surface area contributed by atoms with E-state index in [9.17, 15) is 64.5 Å². The van der Waals surface area contributed by atoms with Crippen LogP contribution in [0.15, 0.2) is 18.2 Å². The maximum Gasteiger partial charge on any atom is 0.309 e. The minimum Gasteiger partial charge on any atom is -0.507 e. The third-order valence-corrected chi connectivity index (χ3v) is 12.0. The van der Waals surface area contributed by atoms with Gasteiger partial charge in [-0.05, 0) is 46.1 Å². The molecule has 0 radical (unpaired) electrons. The highest BCUT2D eigenvalue weighted by Gasteiger charge is 2.58. The number of benzene rings is 2. The highest BCUT2D eigenvalue weighted by molar-refractivity contribution is 6.31. The number of aliphatic hydroxyl groups is 3. The minimum absolute atomic E-state index is 0.0253. The third kappa shape index (κ3) is 6.40. The van der Waals surface area contributed by atoms with E-state index in [4.69, 9.17) is 14.2 Å². The van der Waals surface area contributed by atoms with Gasteiger partial charge in [0.2, 0.25) is 11.7 Å². The number of aliphatic hydroxyl groups excluding tert-OH is 2. The summed E-state index contributed by atoms with van der Waals surface area (Å²) >= 11 is 0. The fraction of sp³-hybridized carbons (Fsp3) is 0.538. The molecule has 2 aromatic carbocycles. The zero-order valence-electron chi connectivity index (χ0n) is 31.4. The number of Topliss-reactive ketones (excluding diaryl/α,β-unsaturated/α-hetero) is 1. The highest BCUT2D eigenvalue weighted by atomic mass is 16.7. The molecule has 17 nitrogen and oxygen atoms in total. The molecular formula is C39H45NO16. The Morgan fingerprint density at radius 2 is 1.50 bits per heavy atom. The van der Waals surface area contributed by atoms with E-state index in [1.54, 1.807) is 0 Å². The van der Waals surface area contributed by atoms with E-state index in [-0.39, 0.29) is 53.7 Å². The summed E-state index contributed by atoms with van der Waals surface area (Å²) in [6.07, 6.45) is -7.64. The lowest BCUT2D eigenvalue weighted by atomic mass is 9.54. The number of rotatable bonds is 9. The number of phenolic OH excluding ortho intramolecular Hbond substituents is 2. The number of carboxylic acid groups (broad SMARTS) is 2. The lowest BCUT2D eigenvalue weighted by Crippen LogP contribution is -2.60. The zero-order chi connectivity index (χ0) is 41.4. The number of hydrogen-bond acceptors (Lipinski definition) is 14. The third-order valence-electron chi connectivity index (χ3n) is 12.0. The van der Waals surface area contributed by atoms with E-state index in [1.165, 1.54) is 53.0 Å². The molecule has 1 saturated heterocycles. The van der Waals surface area contributed by atoms with Crippen molar-refractivity contribution in [3.63, 3.8) is 0 Å². The molecule has 1 amide bonds. The van der Waals surface area contributed by atoms with Gasteiger partial charge in [0.15, 0.2) is 17.9 Å². The lowest BCUT2D eigenvalue weighted by Gasteiger charge is -2.49. The van der Waals surface area contributed by atoms with Gasteiger partial charge in [0.25, 0.3) is 0 Å². The molecule has 4 aliphatic rings. The number of fused-ring (bicyclic) bond motifs is 3. The van der Waals surface area contributed by atoms with Crippen LogP contribution in [0, 0.1) is 16.2 Å². The molecule has 56 heavy (non-hydrogen) atoms. The maximum atomic E-state index is 14.0. The fourth-order valence-corrected chi connectivity index (χ4v) is 9.44. The molecule has 0 aromatic heterocycles. The second-order valence-electron chi connectivity index (χ2n) is 16.4. The molecule has 0 bridgehead atoms. The molecule has 3 aliphatic carbocycles. The van der Waals surface area contributed by atoms with Crippen molar-refractivity contribution >= 4 is 35.2 Å². The number of carboxylic acids is 2. The number of ether oxygens (including phenoxy) is 3. The average Bonchev–Trinajstić information content (AvgIpc) is 3.12. The van der Waals surface area contributed by atoms with Gasteiger partial charge >= 0.3 is 11.9 Å². The van der Waals surface area contributed by atoms with Crippen molar-refractivity contribution in [3.8, 4) is 17.2 Å². The van der Waals surface area contributed by atoms with Crippen molar-refractivity contribution in [2.45, 2.75) is 102 Å². The first-order valence-corrected chi connectivity index (χ1v) is 18.0. The van der Waals surface area contributed by atoms with Gasteiger partial charge in [0.1, 0.15) is 35.6 Å². The topological polar surface area (TPSA) is 284 Å². The fourth-order valence-electron chi connectivity index (χ4n) is 9.44. The number of carbonyl (C=O) groups is 6. The average molecular weight is 784 g/mol. The van der Waals surface area contributed by atoms with Gasteiger partial charge in [-0.15, -0.1) is 0 Å². The summed E-state index contributed by atoms with van der Waals surface area (Å²) in [6.45, 7) is 4.55. The van der Waals surface area contributed by atoms with Crippen molar-refractivity contribution in [1.29, 1.82) is 0 Å². The number of aromatic hydroxyl groups is 2. The standard InChI is InChI=1S/C39H45NO16/c1-16-28(43)19(40-33(48)36(2)13-37(3,34(49)50)15-38(4,14-36)35(51)52)9-23(55-16)56-21-11-39(53,22(42)12-41)10-18-25(21)32(47)27-26(30(18)45)29(44)17-7-6-8-20(54-5)24(17)31(27)46/h6-8,16,19,21,23,28,41,43,45,47,53H,9-15H2,1-5H3,(H,40,48)(H,49,50)(H,51,52)/t16?,19?,21-,23?,28?,36?,37?,38?,39-/m0/s1. The van der Waals surface area contributed by atoms with Gasteiger partial charge in [-0.2, -0.15) is 0 Å². The molecule has 17 heteroatoms. The summed E-state index contributed by atoms with van der Waals surface area (Å²) in [5, 5.41) is 78.7. The van der Waals surface area contributed by atoms with E-state index in [2.05, 4.69) is 5.32 Å². The predicted molar refractivity (Wildman–Crippen MR) is 189 cm³/mol. The first kappa shape index (κ1) is 40.7. The Balaban J connectivity index is 1.36. The van der Waals surface area contributed by atoms with Crippen LogP contribution in [0.4, 0.5) is 0 Å². The number of carbonyl (C=O) groups excluding carboxylic acids is 4. The number of hydrogen-bond donors (Lipinski definition) is 8. The molecule has 8 atom stereocenters. The van der Waals surface area contributed by atoms with Crippen molar-refractivity contribution in [3.05, 3.63) is 51.6 Å². The van der Waals surface area contributed by atoms with Crippen LogP contribution < -0.4 is 10.1 Å². The summed E-state index contributed by atoms with van der Waals surface area (Å²) in [4.78, 5) is 79.4. The van der Waals surface area contributed by atoms with Crippen LogP contribution >= 0.6 is 0 Å². The second kappa shape index (κ2) is 13.9. The number of phenols is 2. The molecular weight excluding hydrogens is 738 g/mol. The molecule has 2 aromatic rings. The van der Waals surface area contributed by atoms with Gasteiger partial charge in [0.05, 0.1) is 52.9 Å². The normalized spacial score (nSPS) is 33.8. The molecule has 1 aliphatic heterocycles. The number of aliphatic carboxylic acids is 2. The summed E-state index contributed by atoms with van der Waals surface area (Å²) < 4.78 is 17.5. The number of methoxy groups -OCH3 is 1. The molecule has 2 fully saturated rings. The quantitative estimate of drug-likeness (QED) is 0.143. The van der Waals surface area contributed by atoms with Crippen molar-refractivity contribution in [2.75, 3.05) is 13.7 Å². The molecule has 8 N–H and O–H groups in total. The van der Waals surface area contributed by atoms with Crippen LogP contribution in [0.3, 0.4) is 0 Å². The predicted octanol–water partition coefficient (Wildman–Crippen LogP) is 1.53. The number of ketones is 3. The molecule has 0 spiro atoms. The van der Waals surface area contributed by atoms with Gasteiger partial charge < -0.3 is 55.3 Å². The van der Waals surface area contributed by atoms with Crippen LogP contribution in [0.2, 0.25) is 0 Å². The Morgan fingerprint density at radius 3 is 2.07 bits per heavy atom. The van der Waals surface area contributed by atoms with E-state index < -0.39 is 130 Å². The minimum atomic E-state index is -2.41. The van der Waals surface area contributed by atoms with Crippen molar-refractivity contribution in [1.82, 2.24) is 5.32 Å². The van der Waals surface area contributed by atoms with Gasteiger partial charge in [0, 0.05) is 41.4 Å². The van der Waals surface area contributed by atoms with E-state index in [1.807, 2.05) is 0 Å². The van der Waals surface area contributed by atoms with E-state index >= 15 is 0 Å². The van der Waals surface area contributed by atoms with Gasteiger partial charge in [-0.1, -0.05) is 19.1 Å². The molecule has 6 unspecified atom stereocenters. The molecule has 6 rings (SSSR count). The Bertz CT molecular complexity index is 2030. The Labute approximate surface area is 320 Å². The maximum absolute atomic E-state index is 14.0. The number of amides is 1. The Kier molecular flexibility index (Phi) is 10.1. The summed E-state index contributed by atoms with van der Waals surface area (Å²) in [6, 6.07) is 3.09. The van der Waals surface area contributed by atoms with Crippen molar-refractivity contribution < 1.29 is 78.7 Å². The van der Waals surface area contributed by atoms with Crippen LogP contribution in [-0.2, 0) is 35.1 Å². The summed E-state index contributed by atoms with van der Waals surface area (Å²) in [5.74, 6) is -7.62. The lowest BCUT2D eigenvalue weighted by molar-refractivity contribution is -0.249. The van der Waals surface area contributed by atoms with Crippen molar-refractivity contribution in [2.24, 2.45) is 16.2 Å². The van der Waals surface area contributed by atoms with Crippen LogP contribution in [0.25, 0.3) is 0 Å². The van der Waals surface area contributed by atoms with Crippen LogP contribution in [0.1, 0.15) is 109 Å². The largest absolute Gasteiger partial charge is 0.507 e. The Hall–Kier alpha value is -4.94. The van der Waals surface area contributed by atoms with Crippen LogP contribution in [0.5, 0.6) is 17.2 Å². The second-order valence-corrected chi connectivity index (χ2v) is 16.4. The zero-order valence-corrected chi connectivity index (χ0v) is 31.4. The first-order chi connectivity index (χ1) is 26.0. The SMILES string of the molecule is COc1cccc2c1C(=O)c1c(O)c3c(c(O)c1C2=O)C[C@@](O)(C(=O)CO)C[C@@H]3OC1CC(NC(=O)C2(C)CC(C)(C(=O)O)CC(C)(C(=O)O)C2)C(O)C(C)O1. The smallest absolute Gasteiger partial charge is 0.309 e. The van der Waals surface area contributed by atoms with E-state index in [0.717, 1.165) is 0 Å². The molecule has 1 heterocycles. The van der Waals surface area contributed by atoms with E-state index in [0.29, 0.717) is 0 Å². The first-order valence-electron chi connectivity index (χ1n) is 18.0. The summed E-state index contributed by atoms with van der Waals surface area (Å²) in [7, 11) is 1.28.